The quantitative estimate of drug-likeness (QED) is 0.786. The van der Waals surface area contributed by atoms with Crippen LogP contribution in [0.3, 0.4) is 0 Å². The fourth-order valence-electron chi connectivity index (χ4n) is 1.76. The van der Waals surface area contributed by atoms with Crippen LogP contribution in [0.2, 0.25) is 0 Å². The summed E-state index contributed by atoms with van der Waals surface area (Å²) in [5, 5.41) is 0. The lowest BCUT2D eigenvalue weighted by atomic mass is 10.1. The highest BCUT2D eigenvalue weighted by Crippen LogP contribution is 2.28. The molecule has 2 aromatic rings. The molecule has 4 heteroatoms. The van der Waals surface area contributed by atoms with Gasteiger partial charge in [-0.05, 0) is 44.5 Å². The second-order valence-corrected chi connectivity index (χ2v) is 4.45. The zero-order valence-corrected chi connectivity index (χ0v) is 11.5. The maximum Gasteiger partial charge on any atom is 0.224 e. The molecule has 0 radical (unpaired) electrons. The highest BCUT2D eigenvalue weighted by Gasteiger charge is 2.11. The van der Waals surface area contributed by atoms with E-state index in [-0.39, 0.29) is 0 Å². The first-order valence-corrected chi connectivity index (χ1v) is 6.28. The van der Waals surface area contributed by atoms with E-state index in [4.69, 9.17) is 16.3 Å². The lowest BCUT2D eigenvalue weighted by Gasteiger charge is -2.12. The number of aryl methyl sites for hydroxylation is 3. The molecule has 3 nitrogen and oxygen atoms in total. The molecular weight excluding hydrogens is 248 g/mol. The molecule has 0 spiro atoms. The van der Waals surface area contributed by atoms with Crippen LogP contribution in [0.1, 0.15) is 22.5 Å². The number of alkyl halides is 1. The van der Waals surface area contributed by atoms with Crippen LogP contribution in [0.15, 0.2) is 24.4 Å². The number of halogens is 1. The highest BCUT2D eigenvalue weighted by atomic mass is 35.5. The summed E-state index contributed by atoms with van der Waals surface area (Å²) in [4.78, 5) is 8.60. The first kappa shape index (κ1) is 12.8. The predicted molar refractivity (Wildman–Crippen MR) is 72.3 cm³/mol. The minimum Gasteiger partial charge on any atom is -0.437 e. The van der Waals surface area contributed by atoms with Crippen molar-refractivity contribution in [2.75, 3.05) is 0 Å². The van der Waals surface area contributed by atoms with Crippen LogP contribution in [0, 0.1) is 20.8 Å². The van der Waals surface area contributed by atoms with Gasteiger partial charge in [0.25, 0.3) is 0 Å². The van der Waals surface area contributed by atoms with E-state index in [9.17, 15) is 0 Å². The van der Waals surface area contributed by atoms with E-state index in [1.807, 2.05) is 39.0 Å². The third kappa shape index (κ3) is 2.62. The van der Waals surface area contributed by atoms with Gasteiger partial charge in [-0.15, -0.1) is 11.6 Å². The van der Waals surface area contributed by atoms with Gasteiger partial charge in [0.15, 0.2) is 5.75 Å². The molecule has 0 aliphatic rings. The maximum absolute atomic E-state index is 5.96. The molecule has 0 fully saturated rings. The van der Waals surface area contributed by atoms with Crippen molar-refractivity contribution in [2.45, 2.75) is 26.7 Å². The molecule has 0 atom stereocenters. The molecule has 0 saturated heterocycles. The second-order valence-electron chi connectivity index (χ2n) is 4.19. The van der Waals surface area contributed by atoms with E-state index < -0.39 is 0 Å². The molecule has 0 bridgehead atoms. The van der Waals surface area contributed by atoms with Crippen LogP contribution >= 0.6 is 11.6 Å². The Bertz CT molecular complexity index is 570. The van der Waals surface area contributed by atoms with Crippen LogP contribution in [-0.4, -0.2) is 9.97 Å². The lowest BCUT2D eigenvalue weighted by Crippen LogP contribution is -1.99. The summed E-state index contributed by atoms with van der Waals surface area (Å²) in [5.41, 5.74) is 3.76. The van der Waals surface area contributed by atoms with Crippen LogP contribution in [0.4, 0.5) is 0 Å². The van der Waals surface area contributed by atoms with Gasteiger partial charge < -0.3 is 4.74 Å². The summed E-state index contributed by atoms with van der Waals surface area (Å²) in [6, 6.07) is 5.71. The highest BCUT2D eigenvalue weighted by molar-refractivity contribution is 6.17. The van der Waals surface area contributed by atoms with E-state index in [1.165, 1.54) is 0 Å². The Hall–Kier alpha value is -1.61. The van der Waals surface area contributed by atoms with Crippen LogP contribution < -0.4 is 4.74 Å². The molecule has 2 rings (SSSR count). The first-order chi connectivity index (χ1) is 8.61. The Morgan fingerprint density at radius 2 is 2.06 bits per heavy atom. The summed E-state index contributed by atoms with van der Waals surface area (Å²) < 4.78 is 5.83. The zero-order valence-electron chi connectivity index (χ0n) is 10.7. The van der Waals surface area contributed by atoms with Crippen molar-refractivity contribution in [2.24, 2.45) is 0 Å². The van der Waals surface area contributed by atoms with Gasteiger partial charge in [-0.25, -0.2) is 4.98 Å². The largest absolute Gasteiger partial charge is 0.437 e. The molecule has 0 aromatic carbocycles. The van der Waals surface area contributed by atoms with Crippen LogP contribution in [-0.2, 0) is 5.88 Å². The predicted octanol–water partition coefficient (Wildman–Crippen LogP) is 3.93. The van der Waals surface area contributed by atoms with Gasteiger partial charge in [-0.3, -0.25) is 4.98 Å². The SMILES string of the molecule is Cc1cc(C)c(CCl)c(Oc2cccnc2C)n1. The zero-order chi connectivity index (χ0) is 13.1. The smallest absolute Gasteiger partial charge is 0.224 e. The van der Waals surface area contributed by atoms with Crippen LogP contribution in [0.5, 0.6) is 11.6 Å². The van der Waals surface area contributed by atoms with E-state index in [0.717, 1.165) is 22.5 Å². The Kier molecular flexibility index (Phi) is 3.82. The van der Waals surface area contributed by atoms with E-state index in [0.29, 0.717) is 17.5 Å². The second kappa shape index (κ2) is 5.36. The molecule has 0 unspecified atom stereocenters. The van der Waals surface area contributed by atoms with E-state index in [2.05, 4.69) is 9.97 Å². The minimum absolute atomic E-state index is 0.383. The van der Waals surface area contributed by atoms with Crippen molar-refractivity contribution in [3.05, 3.63) is 46.9 Å². The van der Waals surface area contributed by atoms with Gasteiger partial charge in [0.2, 0.25) is 5.88 Å². The molecule has 0 N–H and O–H groups in total. The van der Waals surface area contributed by atoms with Crippen molar-refractivity contribution < 1.29 is 4.74 Å². The molecule has 94 valence electrons. The summed E-state index contributed by atoms with van der Waals surface area (Å²) in [6.45, 7) is 5.85. The van der Waals surface area contributed by atoms with Gasteiger partial charge in [0.05, 0.1) is 11.6 Å². The van der Waals surface area contributed by atoms with Gasteiger partial charge in [-0.2, -0.15) is 0 Å². The summed E-state index contributed by atoms with van der Waals surface area (Å²) >= 11 is 5.96. The normalized spacial score (nSPS) is 10.4. The number of pyridine rings is 2. The Morgan fingerprint density at radius 3 is 2.72 bits per heavy atom. The molecule has 0 aliphatic heterocycles. The van der Waals surface area contributed by atoms with E-state index >= 15 is 0 Å². The lowest BCUT2D eigenvalue weighted by molar-refractivity contribution is 0.450. The fourth-order valence-corrected chi connectivity index (χ4v) is 2.08. The molecular formula is C14H15ClN2O. The molecule has 2 heterocycles. The summed E-state index contributed by atoms with van der Waals surface area (Å²) in [7, 11) is 0. The average molecular weight is 263 g/mol. The van der Waals surface area contributed by atoms with Gasteiger partial charge in [0, 0.05) is 17.5 Å². The Morgan fingerprint density at radius 1 is 1.28 bits per heavy atom. The van der Waals surface area contributed by atoms with Crippen molar-refractivity contribution in [3.63, 3.8) is 0 Å². The number of hydrogen-bond donors (Lipinski definition) is 0. The molecule has 18 heavy (non-hydrogen) atoms. The van der Waals surface area contributed by atoms with Crippen molar-refractivity contribution in [3.8, 4) is 11.6 Å². The molecule has 0 saturated carbocycles. The van der Waals surface area contributed by atoms with Crippen molar-refractivity contribution in [1.82, 2.24) is 9.97 Å². The fraction of sp³-hybridized carbons (Fsp3) is 0.286. The number of aromatic nitrogens is 2. The molecule has 2 aromatic heterocycles. The number of ether oxygens (including phenoxy) is 1. The minimum atomic E-state index is 0.383. The van der Waals surface area contributed by atoms with Crippen LogP contribution in [0.25, 0.3) is 0 Å². The van der Waals surface area contributed by atoms with Gasteiger partial charge in [-0.1, -0.05) is 0 Å². The molecule has 0 aliphatic carbocycles. The standard InChI is InChI=1S/C14H15ClN2O/c1-9-7-10(2)17-14(12(9)8-15)18-13-5-4-6-16-11(13)3/h4-7H,8H2,1-3H3. The number of hydrogen-bond acceptors (Lipinski definition) is 3. The van der Waals surface area contributed by atoms with Crippen molar-refractivity contribution >= 4 is 11.6 Å². The van der Waals surface area contributed by atoms with Gasteiger partial charge >= 0.3 is 0 Å². The Balaban J connectivity index is 2.43. The maximum atomic E-state index is 5.96. The first-order valence-electron chi connectivity index (χ1n) is 5.74. The Labute approximate surface area is 112 Å². The topological polar surface area (TPSA) is 35.0 Å². The monoisotopic (exact) mass is 262 g/mol. The third-order valence-electron chi connectivity index (χ3n) is 2.74. The number of rotatable bonds is 3. The van der Waals surface area contributed by atoms with E-state index in [1.54, 1.807) is 6.20 Å². The third-order valence-corrected chi connectivity index (χ3v) is 3.00. The summed E-state index contributed by atoms with van der Waals surface area (Å²) in [5.74, 6) is 1.66. The summed E-state index contributed by atoms with van der Waals surface area (Å²) in [6.07, 6.45) is 1.74. The molecule has 0 amide bonds. The van der Waals surface area contributed by atoms with Crippen molar-refractivity contribution in [1.29, 1.82) is 0 Å². The van der Waals surface area contributed by atoms with Gasteiger partial charge in [0.1, 0.15) is 0 Å². The average Bonchev–Trinajstić information content (AvgIpc) is 2.31. The number of nitrogens with zero attached hydrogens (tertiary/aromatic N) is 2.